The Morgan fingerprint density at radius 2 is 1.16 bits per heavy atom. The second-order valence-electron chi connectivity index (χ2n) is 20.8. The lowest BCUT2D eigenvalue weighted by molar-refractivity contribution is -0.163. The summed E-state index contributed by atoms with van der Waals surface area (Å²) in [6.07, 6.45) is 20.5. The summed E-state index contributed by atoms with van der Waals surface area (Å²) in [4.78, 5) is 60.7. The molecule has 2 aliphatic heterocycles. The fourth-order valence-electron chi connectivity index (χ4n) is 14.8. The zero-order valence-corrected chi connectivity index (χ0v) is 35.6. The molecule has 4 unspecified atom stereocenters. The van der Waals surface area contributed by atoms with Gasteiger partial charge in [-0.25, -0.2) is 0 Å². The summed E-state index contributed by atoms with van der Waals surface area (Å²) in [5, 5.41) is 10.0. The van der Waals surface area contributed by atoms with Crippen molar-refractivity contribution in [2.75, 3.05) is 0 Å². The van der Waals surface area contributed by atoms with Gasteiger partial charge in [0.15, 0.2) is 11.6 Å². The number of amides is 1. The summed E-state index contributed by atoms with van der Waals surface area (Å²) in [6.45, 7) is 13.6. The topological polar surface area (TPSA) is 154 Å². The lowest BCUT2D eigenvalue weighted by atomic mass is 9.53. The smallest absolute Gasteiger partial charge is 0.306 e. The van der Waals surface area contributed by atoms with Crippen molar-refractivity contribution < 1.29 is 33.4 Å². The lowest BCUT2D eigenvalue weighted by Crippen LogP contribution is -2.51. The molecule has 0 radical (unpaired) electrons. The first-order valence-electron chi connectivity index (χ1n) is 22.5. The molecule has 9 nitrogen and oxygen atoms in total. The van der Waals surface area contributed by atoms with Crippen LogP contribution >= 0.6 is 0 Å². The molecular formula is C48H68N2O7. The molecule has 0 aromatic rings. The van der Waals surface area contributed by atoms with E-state index in [-0.39, 0.29) is 80.0 Å². The Balaban J connectivity index is 0.000000174. The van der Waals surface area contributed by atoms with Gasteiger partial charge >= 0.3 is 11.9 Å². The zero-order chi connectivity index (χ0) is 41.2. The average Bonchev–Trinajstić information content (AvgIpc) is 3.89. The van der Waals surface area contributed by atoms with Crippen LogP contribution in [0.15, 0.2) is 23.3 Å². The van der Waals surface area contributed by atoms with Gasteiger partial charge in [0.25, 0.3) is 0 Å². The Morgan fingerprint density at radius 1 is 0.702 bits per heavy atom. The number of hydrogen-bond donors (Lipinski definition) is 1. The molecule has 1 amide bonds. The highest BCUT2D eigenvalue weighted by molar-refractivity contribution is 5.92. The van der Waals surface area contributed by atoms with Gasteiger partial charge < -0.3 is 15.2 Å². The summed E-state index contributed by atoms with van der Waals surface area (Å²) < 4.78 is 12.1. The molecule has 2 spiro atoms. The number of carbonyl (C=O) groups excluding carboxylic acids is 5. The van der Waals surface area contributed by atoms with Crippen LogP contribution in [0.2, 0.25) is 0 Å². The SMILES string of the molecule is CCC[C@@]1(C)C(C2C[C@@]3(C)CCC(=O)C=C3C[C@H]2C#N)CC[C@@]12CCC(=O)O2.CCC[C@@]1(C)C(C2C[C@@]3(C)CCC(=O)C=C3C[C@H]2C(N)=O)CC[C@@]12CCC(=O)O2. The molecule has 8 rings (SSSR count). The second-order valence-corrected chi connectivity index (χ2v) is 20.8. The first-order chi connectivity index (χ1) is 26.9. The van der Waals surface area contributed by atoms with E-state index >= 15 is 0 Å². The van der Waals surface area contributed by atoms with Crippen LogP contribution in [-0.4, -0.2) is 40.6 Å². The third-order valence-electron chi connectivity index (χ3n) is 18.0. The number of nitrogens with zero attached hydrogens (tertiary/aromatic N) is 1. The maximum absolute atomic E-state index is 12.5. The van der Waals surface area contributed by atoms with Crippen molar-refractivity contribution in [3.63, 3.8) is 0 Å². The van der Waals surface area contributed by atoms with Crippen molar-refractivity contribution in [2.45, 2.75) is 181 Å². The molecule has 6 aliphatic carbocycles. The lowest BCUT2D eigenvalue weighted by Gasteiger charge is -2.52. The van der Waals surface area contributed by atoms with Crippen LogP contribution < -0.4 is 5.73 Å². The summed E-state index contributed by atoms with van der Waals surface area (Å²) in [7, 11) is 0. The van der Waals surface area contributed by atoms with Gasteiger partial charge in [0.2, 0.25) is 5.91 Å². The minimum Gasteiger partial charge on any atom is -0.458 e. The molecule has 8 aliphatic rings. The number of esters is 2. The van der Waals surface area contributed by atoms with Crippen molar-refractivity contribution >= 4 is 29.4 Å². The molecule has 0 aromatic carbocycles. The highest BCUT2D eigenvalue weighted by Gasteiger charge is 2.66. The summed E-state index contributed by atoms with van der Waals surface area (Å²) in [6, 6.07) is 2.60. The highest BCUT2D eigenvalue weighted by atomic mass is 16.6. The number of allylic oxidation sites excluding steroid dienone is 4. The number of carbonyl (C=O) groups is 5. The van der Waals surface area contributed by atoms with E-state index in [0.29, 0.717) is 49.9 Å². The minimum atomic E-state index is -0.382. The fraction of sp³-hybridized carbons (Fsp3) is 0.792. The molecule has 57 heavy (non-hydrogen) atoms. The normalized spacial score (nSPS) is 45.0. The van der Waals surface area contributed by atoms with Crippen LogP contribution in [0, 0.1) is 68.5 Å². The van der Waals surface area contributed by atoms with Crippen LogP contribution in [0.4, 0.5) is 0 Å². The molecule has 312 valence electrons. The van der Waals surface area contributed by atoms with Gasteiger partial charge in [-0.2, -0.15) is 5.26 Å². The highest BCUT2D eigenvalue weighted by Crippen LogP contribution is 2.67. The van der Waals surface area contributed by atoms with Gasteiger partial charge in [-0.15, -0.1) is 0 Å². The molecule has 4 saturated carbocycles. The molecule has 2 saturated heterocycles. The zero-order valence-electron chi connectivity index (χ0n) is 35.6. The molecule has 9 heteroatoms. The van der Waals surface area contributed by atoms with Gasteiger partial charge in [-0.3, -0.25) is 24.0 Å². The first-order valence-corrected chi connectivity index (χ1v) is 22.5. The number of hydrogen-bond acceptors (Lipinski definition) is 8. The Bertz CT molecular complexity index is 1790. The van der Waals surface area contributed by atoms with Crippen LogP contribution in [0.3, 0.4) is 0 Å². The van der Waals surface area contributed by atoms with Crippen LogP contribution in [0.25, 0.3) is 0 Å². The van der Waals surface area contributed by atoms with Crippen LogP contribution in [0.1, 0.15) is 170 Å². The largest absolute Gasteiger partial charge is 0.458 e. The fourth-order valence-corrected chi connectivity index (χ4v) is 14.8. The summed E-state index contributed by atoms with van der Waals surface area (Å²) in [5.74, 6) is 0.933. The van der Waals surface area contributed by atoms with Crippen molar-refractivity contribution in [3.05, 3.63) is 23.3 Å². The van der Waals surface area contributed by atoms with Gasteiger partial charge in [0.1, 0.15) is 11.2 Å². The molecule has 0 aromatic heterocycles. The van der Waals surface area contributed by atoms with Crippen LogP contribution in [-0.2, 0) is 33.4 Å². The Morgan fingerprint density at radius 3 is 1.58 bits per heavy atom. The Kier molecular flexibility index (Phi) is 11.1. The van der Waals surface area contributed by atoms with E-state index in [1.54, 1.807) is 6.08 Å². The first kappa shape index (κ1) is 41.9. The van der Waals surface area contributed by atoms with Crippen molar-refractivity contribution in [2.24, 2.45) is 62.9 Å². The number of primary amides is 1. The third-order valence-corrected chi connectivity index (χ3v) is 18.0. The van der Waals surface area contributed by atoms with E-state index in [1.165, 1.54) is 5.57 Å². The summed E-state index contributed by atoms with van der Waals surface area (Å²) >= 11 is 0. The number of fused-ring (bicyclic) bond motifs is 2. The maximum Gasteiger partial charge on any atom is 0.306 e. The number of ketones is 2. The second kappa shape index (κ2) is 15.1. The predicted octanol–water partition coefficient (Wildman–Crippen LogP) is 9.21. The van der Waals surface area contributed by atoms with E-state index in [1.807, 2.05) is 6.08 Å². The molecule has 0 bridgehead atoms. The monoisotopic (exact) mass is 785 g/mol. The van der Waals surface area contributed by atoms with Gasteiger partial charge in [0, 0.05) is 42.4 Å². The number of ether oxygens (including phenoxy) is 2. The minimum absolute atomic E-state index is 0.0280. The predicted molar refractivity (Wildman–Crippen MR) is 216 cm³/mol. The Hall–Kier alpha value is -3.28. The standard InChI is InChI=1S/C24H35NO4.C24H33NO3/c1-4-8-23(3)19(6-10-24(23)11-7-20(27)29-24)18-14-22(2)9-5-16(26)12-15(22)13-17(18)21(25)28;1-4-8-23(3)20(6-10-24(23)11-7-21(27)28-24)19-14-22(2)9-5-18(26)13-17(22)12-16(19)15-25/h12,17-19H,4-11,13-14H2,1-3H3,(H2,25,28);13,16,19-20H,4-12,14H2,1-3H3/t17-,18?,19?,22-,23+,24-;16-,19?,20?,22+,23-,24+/m10/s1. The summed E-state index contributed by atoms with van der Waals surface area (Å²) in [5.41, 5.74) is 7.35. The molecule has 2 heterocycles. The van der Waals surface area contributed by atoms with Gasteiger partial charge in [-0.05, 0) is 137 Å². The maximum atomic E-state index is 12.5. The number of rotatable bonds is 7. The molecule has 2 N–H and O–H groups in total. The average molecular weight is 785 g/mol. The van der Waals surface area contributed by atoms with Gasteiger partial charge in [0.05, 0.1) is 12.0 Å². The molecular weight excluding hydrogens is 717 g/mol. The quantitative estimate of drug-likeness (QED) is 0.251. The molecule has 12 atom stereocenters. The number of nitriles is 1. The molecule has 6 fully saturated rings. The van der Waals surface area contributed by atoms with E-state index in [2.05, 4.69) is 47.6 Å². The Labute approximate surface area is 340 Å². The number of nitrogens with two attached hydrogens (primary N) is 1. The van der Waals surface area contributed by atoms with E-state index < -0.39 is 0 Å². The third kappa shape index (κ3) is 6.85. The van der Waals surface area contributed by atoms with Gasteiger partial charge in [-0.1, -0.05) is 65.5 Å². The van der Waals surface area contributed by atoms with Crippen molar-refractivity contribution in [1.29, 1.82) is 5.26 Å². The van der Waals surface area contributed by atoms with Crippen molar-refractivity contribution in [3.8, 4) is 6.07 Å². The van der Waals surface area contributed by atoms with E-state index in [4.69, 9.17) is 15.2 Å². The van der Waals surface area contributed by atoms with E-state index in [9.17, 15) is 29.2 Å². The van der Waals surface area contributed by atoms with Crippen LogP contribution in [0.5, 0.6) is 0 Å². The van der Waals surface area contributed by atoms with E-state index in [0.717, 1.165) is 102 Å². The van der Waals surface area contributed by atoms with Crippen molar-refractivity contribution in [1.82, 2.24) is 0 Å².